The van der Waals surface area contributed by atoms with Gasteiger partial charge in [0.05, 0.1) is 11.6 Å². The summed E-state index contributed by atoms with van der Waals surface area (Å²) < 4.78 is 0. The number of aromatic amines is 1. The molecule has 2 saturated heterocycles. The number of nitrogens with one attached hydrogen (secondary N) is 3. The van der Waals surface area contributed by atoms with E-state index in [1.807, 2.05) is 25.3 Å². The normalized spacial score (nSPS) is 21.8. The molecule has 4 N–H and O–H groups in total. The topological polar surface area (TPSA) is 126 Å². The summed E-state index contributed by atoms with van der Waals surface area (Å²) in [4.78, 5) is 12.3. The van der Waals surface area contributed by atoms with Gasteiger partial charge in [-0.25, -0.2) is 4.98 Å². The molecular formula is C26H34N8O. The van der Waals surface area contributed by atoms with Gasteiger partial charge < -0.3 is 15.7 Å². The summed E-state index contributed by atoms with van der Waals surface area (Å²) in [6.45, 7) is 3.06. The van der Waals surface area contributed by atoms with Gasteiger partial charge in [0, 0.05) is 67.1 Å². The Labute approximate surface area is 206 Å². The molecule has 35 heavy (non-hydrogen) atoms. The highest BCUT2D eigenvalue weighted by atomic mass is 16.2. The van der Waals surface area contributed by atoms with Crippen LogP contribution in [-0.4, -0.2) is 61.4 Å². The molecule has 2 aliphatic heterocycles. The summed E-state index contributed by atoms with van der Waals surface area (Å²) >= 11 is 0. The van der Waals surface area contributed by atoms with Crippen LogP contribution in [0.5, 0.6) is 0 Å². The number of nitrogens with zero attached hydrogens (tertiary/aromatic N) is 5. The monoisotopic (exact) mass is 474 g/mol. The number of aryl methyl sites for hydroxylation is 2. The first kappa shape index (κ1) is 23.5. The molecule has 0 unspecified atom stereocenters. The van der Waals surface area contributed by atoms with E-state index in [1.54, 1.807) is 0 Å². The number of nitriles is 1. The Morgan fingerprint density at radius 2 is 2.00 bits per heavy atom. The van der Waals surface area contributed by atoms with Gasteiger partial charge >= 0.3 is 0 Å². The van der Waals surface area contributed by atoms with E-state index in [-0.39, 0.29) is 6.61 Å². The van der Waals surface area contributed by atoms with Gasteiger partial charge in [0.2, 0.25) is 0 Å². The average Bonchev–Trinajstić information content (AvgIpc) is 3.36. The van der Waals surface area contributed by atoms with Crippen molar-refractivity contribution in [1.29, 1.82) is 5.26 Å². The van der Waals surface area contributed by atoms with Gasteiger partial charge in [0.15, 0.2) is 5.82 Å². The van der Waals surface area contributed by atoms with E-state index in [4.69, 9.17) is 20.3 Å². The van der Waals surface area contributed by atoms with Crippen LogP contribution in [0, 0.1) is 18.3 Å². The zero-order valence-electron chi connectivity index (χ0n) is 20.3. The molecule has 5 heterocycles. The molecule has 0 aliphatic carbocycles. The lowest BCUT2D eigenvalue weighted by Gasteiger charge is -2.39. The highest BCUT2D eigenvalue weighted by Crippen LogP contribution is 2.37. The van der Waals surface area contributed by atoms with E-state index in [0.717, 1.165) is 72.4 Å². The number of unbranched alkanes of at least 4 members (excludes halogenated alkanes) is 1. The van der Waals surface area contributed by atoms with E-state index in [0.29, 0.717) is 30.4 Å². The molecule has 0 spiro atoms. The van der Waals surface area contributed by atoms with Gasteiger partial charge in [-0.2, -0.15) is 10.4 Å². The van der Waals surface area contributed by atoms with E-state index >= 15 is 0 Å². The second-order valence-corrected chi connectivity index (χ2v) is 9.85. The Hall–Kier alpha value is -3.22. The predicted octanol–water partition coefficient (Wildman–Crippen LogP) is 4.04. The molecule has 184 valence electrons. The zero-order valence-corrected chi connectivity index (χ0v) is 20.3. The number of piperidine rings is 1. The van der Waals surface area contributed by atoms with E-state index in [1.165, 1.54) is 12.8 Å². The number of H-pyrrole nitrogens is 1. The number of aromatic nitrogens is 4. The third-order valence-corrected chi connectivity index (χ3v) is 7.28. The van der Waals surface area contributed by atoms with Crippen molar-refractivity contribution >= 4 is 28.4 Å². The zero-order chi connectivity index (χ0) is 24.2. The van der Waals surface area contributed by atoms with Gasteiger partial charge in [0.1, 0.15) is 11.6 Å². The standard InChI is InChI=1S/C26H34N8O/c1-17-11-25(33-32-17)30-24-15-23-22(12-18(16-28-23)5-2-3-10-35)26(31-24)29-19-13-20-6-7-21(14-19)34(20)9-4-8-27/h11-12,15-16,19-21,35H,2-7,9-10,13-14H2,1H3,(H3,29,30,31,32,33)/t19-,20-,21+. The van der Waals surface area contributed by atoms with Crippen molar-refractivity contribution < 1.29 is 5.11 Å². The number of aliphatic hydroxyl groups excluding tert-OH is 1. The lowest BCUT2D eigenvalue weighted by Crippen LogP contribution is -2.47. The van der Waals surface area contributed by atoms with E-state index in [2.05, 4.69) is 37.9 Å². The maximum atomic E-state index is 9.14. The number of pyridine rings is 2. The number of anilines is 3. The van der Waals surface area contributed by atoms with E-state index < -0.39 is 0 Å². The Balaban J connectivity index is 1.41. The fourth-order valence-corrected chi connectivity index (χ4v) is 5.66. The van der Waals surface area contributed by atoms with Crippen molar-refractivity contribution in [3.05, 3.63) is 35.7 Å². The minimum atomic E-state index is 0.215. The summed E-state index contributed by atoms with van der Waals surface area (Å²) in [6.07, 6.45) is 9.68. The van der Waals surface area contributed by atoms with Crippen molar-refractivity contribution in [2.24, 2.45) is 0 Å². The smallest absolute Gasteiger partial charge is 0.153 e. The van der Waals surface area contributed by atoms with Gasteiger partial charge in [-0.3, -0.25) is 15.0 Å². The van der Waals surface area contributed by atoms with Crippen molar-refractivity contribution in [3.63, 3.8) is 0 Å². The Morgan fingerprint density at radius 1 is 1.17 bits per heavy atom. The molecule has 5 rings (SSSR count). The van der Waals surface area contributed by atoms with Crippen LogP contribution in [0.25, 0.3) is 10.9 Å². The first-order chi connectivity index (χ1) is 17.1. The summed E-state index contributed by atoms with van der Waals surface area (Å²) in [7, 11) is 0. The fraction of sp³-hybridized carbons (Fsp3) is 0.538. The number of hydrogen-bond donors (Lipinski definition) is 4. The van der Waals surface area contributed by atoms with Gasteiger partial charge in [-0.1, -0.05) is 0 Å². The maximum absolute atomic E-state index is 9.14. The highest BCUT2D eigenvalue weighted by molar-refractivity contribution is 5.92. The van der Waals surface area contributed by atoms with Gasteiger partial charge in [0.25, 0.3) is 0 Å². The van der Waals surface area contributed by atoms with Crippen molar-refractivity contribution in [2.75, 3.05) is 23.8 Å². The molecule has 9 heteroatoms. The minimum Gasteiger partial charge on any atom is -0.396 e. The van der Waals surface area contributed by atoms with Crippen LogP contribution in [0.4, 0.5) is 17.5 Å². The van der Waals surface area contributed by atoms with Gasteiger partial charge in [-0.15, -0.1) is 0 Å². The Morgan fingerprint density at radius 3 is 2.71 bits per heavy atom. The molecule has 0 radical (unpaired) electrons. The second kappa shape index (κ2) is 10.6. The first-order valence-corrected chi connectivity index (χ1v) is 12.7. The third kappa shape index (κ3) is 5.39. The van der Waals surface area contributed by atoms with Crippen LogP contribution >= 0.6 is 0 Å². The lowest BCUT2D eigenvalue weighted by molar-refractivity contribution is 0.136. The maximum Gasteiger partial charge on any atom is 0.153 e. The first-order valence-electron chi connectivity index (χ1n) is 12.7. The summed E-state index contributed by atoms with van der Waals surface area (Å²) in [5.74, 6) is 2.29. The Bertz CT molecular complexity index is 1190. The van der Waals surface area contributed by atoms with Crippen LogP contribution < -0.4 is 10.6 Å². The van der Waals surface area contributed by atoms with Crippen LogP contribution in [-0.2, 0) is 6.42 Å². The lowest BCUT2D eigenvalue weighted by atomic mass is 9.96. The summed E-state index contributed by atoms with van der Waals surface area (Å²) in [5, 5.41) is 33.5. The van der Waals surface area contributed by atoms with Crippen molar-refractivity contribution in [2.45, 2.75) is 76.4 Å². The quantitative estimate of drug-likeness (QED) is 0.324. The van der Waals surface area contributed by atoms with E-state index in [9.17, 15) is 0 Å². The average molecular weight is 475 g/mol. The molecule has 3 aromatic heterocycles. The van der Waals surface area contributed by atoms with Gasteiger partial charge in [-0.05, 0) is 63.5 Å². The number of fused-ring (bicyclic) bond motifs is 3. The molecular weight excluding hydrogens is 440 g/mol. The van der Waals surface area contributed by atoms with Crippen LogP contribution in [0.15, 0.2) is 24.4 Å². The largest absolute Gasteiger partial charge is 0.396 e. The molecule has 2 aliphatic rings. The van der Waals surface area contributed by atoms with Crippen molar-refractivity contribution in [3.8, 4) is 6.07 Å². The highest BCUT2D eigenvalue weighted by Gasteiger charge is 2.40. The molecule has 0 amide bonds. The fourth-order valence-electron chi connectivity index (χ4n) is 5.66. The predicted molar refractivity (Wildman–Crippen MR) is 137 cm³/mol. The molecule has 0 aromatic carbocycles. The molecule has 2 bridgehead atoms. The second-order valence-electron chi connectivity index (χ2n) is 9.85. The molecule has 3 atom stereocenters. The third-order valence-electron chi connectivity index (χ3n) is 7.28. The van der Waals surface area contributed by atoms with Crippen molar-refractivity contribution in [1.82, 2.24) is 25.1 Å². The number of rotatable bonds is 10. The molecule has 9 nitrogen and oxygen atoms in total. The number of hydrogen-bond acceptors (Lipinski definition) is 8. The summed E-state index contributed by atoms with van der Waals surface area (Å²) in [5.41, 5.74) is 3.03. The Kier molecular flexibility index (Phi) is 7.11. The summed E-state index contributed by atoms with van der Waals surface area (Å²) in [6, 6.07) is 9.81. The molecule has 3 aromatic rings. The molecule has 2 fully saturated rings. The molecule has 0 saturated carbocycles. The minimum absolute atomic E-state index is 0.215. The van der Waals surface area contributed by atoms with Crippen LogP contribution in [0.2, 0.25) is 0 Å². The van der Waals surface area contributed by atoms with Crippen LogP contribution in [0.1, 0.15) is 56.2 Å². The SMILES string of the molecule is Cc1cc(Nc2cc3ncc(CCCCO)cc3c(N[C@@H]3C[C@H]4CC[C@@H](C3)N4CCC#N)n2)n[nH]1. The van der Waals surface area contributed by atoms with Crippen LogP contribution in [0.3, 0.4) is 0 Å². The number of aliphatic hydroxyl groups is 1.